The molecule has 0 aliphatic rings. The van der Waals surface area contributed by atoms with Crippen molar-refractivity contribution in [3.8, 4) is 5.69 Å². The van der Waals surface area contributed by atoms with Gasteiger partial charge in [0, 0.05) is 43.7 Å². The molecule has 2 aromatic heterocycles. The molecule has 0 saturated carbocycles. The smallest absolute Gasteiger partial charge is 0.328 e. The van der Waals surface area contributed by atoms with Gasteiger partial charge in [0.1, 0.15) is 0 Å². The Bertz CT molecular complexity index is 1430. The molecule has 1 N–H and O–H groups in total. The molecule has 31 heavy (non-hydrogen) atoms. The number of anilines is 1. The average Bonchev–Trinajstić information content (AvgIpc) is 3.14. The van der Waals surface area contributed by atoms with Gasteiger partial charge in [-0.05, 0) is 65.9 Å². The average molecular weight is 530 g/mol. The van der Waals surface area contributed by atoms with Gasteiger partial charge in [0.05, 0.1) is 33.7 Å². The van der Waals surface area contributed by atoms with Crippen molar-refractivity contribution in [2.45, 2.75) is 6.92 Å². The molecule has 0 aliphatic heterocycles. The Balaban J connectivity index is 1.83. The number of hydrogen-bond acceptors (Lipinski definition) is 4. The molecule has 0 saturated heterocycles. The molecule has 0 atom stereocenters. The highest BCUT2D eigenvalue weighted by Crippen LogP contribution is 2.32. The van der Waals surface area contributed by atoms with Gasteiger partial charge in [-0.1, -0.05) is 0 Å². The van der Waals surface area contributed by atoms with E-state index in [2.05, 4.69) is 32.7 Å². The van der Waals surface area contributed by atoms with E-state index in [-0.39, 0.29) is 11.2 Å². The van der Waals surface area contributed by atoms with Gasteiger partial charge < -0.3 is 4.90 Å². The van der Waals surface area contributed by atoms with Gasteiger partial charge in [0.2, 0.25) is 0 Å². The fourth-order valence-corrected chi connectivity index (χ4v) is 3.96. The Labute approximate surface area is 192 Å². The second-order valence-electron chi connectivity index (χ2n) is 7.65. The minimum absolute atomic E-state index is 0.0947. The van der Waals surface area contributed by atoms with Crippen molar-refractivity contribution in [1.29, 1.82) is 0 Å². The molecule has 0 aliphatic carbocycles. The summed E-state index contributed by atoms with van der Waals surface area (Å²) in [7, 11) is 7.34. The zero-order valence-electron chi connectivity index (χ0n) is 18.0. The highest BCUT2D eigenvalue weighted by atomic mass is 127. The Kier molecular flexibility index (Phi) is 5.38. The number of imidazole rings is 1. The van der Waals surface area contributed by atoms with Crippen LogP contribution in [0.5, 0.6) is 0 Å². The number of aromatic nitrogens is 4. The monoisotopic (exact) mass is 530 g/mol. The molecule has 0 radical (unpaired) electrons. The number of halogens is 1. The lowest BCUT2D eigenvalue weighted by molar-refractivity contribution is 0.795. The van der Waals surface area contributed by atoms with E-state index in [1.54, 1.807) is 29.4 Å². The number of H-pyrrole nitrogens is 1. The fourth-order valence-electron chi connectivity index (χ4n) is 3.60. The van der Waals surface area contributed by atoms with Crippen LogP contribution in [-0.2, 0) is 14.1 Å². The first kappa shape index (κ1) is 21.2. The summed E-state index contributed by atoms with van der Waals surface area (Å²) >= 11 is 2.23. The Morgan fingerprint density at radius 2 is 1.65 bits per heavy atom. The van der Waals surface area contributed by atoms with Crippen molar-refractivity contribution < 1.29 is 0 Å². The van der Waals surface area contributed by atoms with Crippen molar-refractivity contribution in [3.63, 3.8) is 0 Å². The zero-order chi connectivity index (χ0) is 22.4. The van der Waals surface area contributed by atoms with Crippen LogP contribution >= 0.6 is 22.6 Å². The van der Waals surface area contributed by atoms with Crippen LogP contribution in [0.3, 0.4) is 0 Å². The Hall–Kier alpha value is -3.08. The minimum atomic E-state index is -0.165. The van der Waals surface area contributed by atoms with Crippen LogP contribution in [0.4, 0.5) is 11.4 Å². The Morgan fingerprint density at radius 1 is 1.03 bits per heavy atom. The number of benzene rings is 2. The lowest BCUT2D eigenvalue weighted by Gasteiger charge is -2.15. The van der Waals surface area contributed by atoms with E-state index in [1.165, 1.54) is 4.68 Å². The van der Waals surface area contributed by atoms with Crippen LogP contribution in [0.15, 0.2) is 51.0 Å². The number of nitrogens with zero attached hydrogens (tertiary/aromatic N) is 5. The molecule has 0 bridgehead atoms. The number of rotatable bonds is 4. The van der Waals surface area contributed by atoms with Crippen LogP contribution < -0.4 is 16.1 Å². The van der Waals surface area contributed by atoms with Crippen molar-refractivity contribution in [3.05, 3.63) is 72.1 Å². The molecule has 0 spiro atoms. The van der Waals surface area contributed by atoms with Crippen molar-refractivity contribution in [1.82, 2.24) is 18.9 Å². The molecule has 160 valence electrons. The van der Waals surface area contributed by atoms with E-state index in [4.69, 9.17) is 0 Å². The van der Waals surface area contributed by atoms with Crippen LogP contribution in [0.25, 0.3) is 16.7 Å². The second kappa shape index (κ2) is 7.88. The third-order valence-electron chi connectivity index (χ3n) is 5.38. The van der Waals surface area contributed by atoms with E-state index < -0.39 is 0 Å². The van der Waals surface area contributed by atoms with Crippen molar-refractivity contribution >= 4 is 51.2 Å². The second-order valence-corrected chi connectivity index (χ2v) is 8.90. The molecule has 2 heterocycles. The van der Waals surface area contributed by atoms with E-state index >= 15 is 0 Å². The van der Waals surface area contributed by atoms with Gasteiger partial charge >= 0.3 is 5.69 Å². The predicted molar refractivity (Wildman–Crippen MR) is 134 cm³/mol. The first-order valence-corrected chi connectivity index (χ1v) is 10.8. The molecule has 0 amide bonds. The van der Waals surface area contributed by atoms with E-state index in [0.717, 1.165) is 31.7 Å². The van der Waals surface area contributed by atoms with Crippen LogP contribution in [0.2, 0.25) is 0 Å². The number of fused-ring (bicyclic) bond motifs is 1. The van der Waals surface area contributed by atoms with E-state index in [0.29, 0.717) is 11.3 Å². The molecular formula is C22H23IN6O2. The fraction of sp³-hybridized carbons (Fsp3) is 0.227. The topological polar surface area (TPSA) is 80.3 Å². The largest absolute Gasteiger partial charge is 0.376 e. The van der Waals surface area contributed by atoms with Gasteiger partial charge in [0.15, 0.2) is 0 Å². The van der Waals surface area contributed by atoms with Gasteiger partial charge in [-0.2, -0.15) is 0 Å². The maximum atomic E-state index is 13.0. The number of aliphatic imine (C=N–C) groups is 1. The molecule has 2 aromatic carbocycles. The first-order chi connectivity index (χ1) is 14.7. The summed E-state index contributed by atoms with van der Waals surface area (Å²) in [4.78, 5) is 31.9. The van der Waals surface area contributed by atoms with E-state index in [1.807, 2.05) is 62.3 Å². The summed E-state index contributed by atoms with van der Waals surface area (Å²) in [5.74, 6) is 0. The highest BCUT2D eigenvalue weighted by Gasteiger charge is 2.15. The number of nitrogens with one attached hydrogen (secondary N) is 1. The zero-order valence-corrected chi connectivity index (χ0v) is 20.1. The first-order valence-electron chi connectivity index (χ1n) is 9.67. The summed E-state index contributed by atoms with van der Waals surface area (Å²) in [6.07, 6.45) is 1.59. The van der Waals surface area contributed by atoms with Crippen LogP contribution in [0, 0.1) is 10.5 Å². The maximum absolute atomic E-state index is 13.0. The van der Waals surface area contributed by atoms with Gasteiger partial charge in [0.25, 0.3) is 5.56 Å². The standard InChI is InChI=1S/C22H23IN6O2/c1-13-16(21(30)29(25-13)15-8-6-14(23)7-9-15)12-24-17-10-19-20(11-18(17)26(2)3)28(5)22(31)27(19)4/h6-12,25H,1-5H3. The maximum Gasteiger partial charge on any atom is 0.328 e. The van der Waals surface area contributed by atoms with Crippen LogP contribution in [0.1, 0.15) is 11.3 Å². The lowest BCUT2D eigenvalue weighted by atomic mass is 10.2. The third kappa shape index (κ3) is 3.62. The van der Waals surface area contributed by atoms with Gasteiger partial charge in [-0.25, -0.2) is 9.48 Å². The summed E-state index contributed by atoms with van der Waals surface area (Å²) in [5.41, 5.74) is 4.88. The van der Waals surface area contributed by atoms with Crippen LogP contribution in [-0.4, -0.2) is 39.2 Å². The SMILES string of the molecule is Cc1[nH]n(-c2ccc(I)cc2)c(=O)c1C=Nc1cc2c(cc1N(C)C)n(C)c(=O)n2C. The molecular weight excluding hydrogens is 507 g/mol. The van der Waals surface area contributed by atoms with Gasteiger partial charge in [-0.3, -0.25) is 24.0 Å². The highest BCUT2D eigenvalue weighted by molar-refractivity contribution is 14.1. The lowest BCUT2D eigenvalue weighted by Crippen LogP contribution is -2.19. The quantitative estimate of drug-likeness (QED) is 0.326. The molecule has 0 fully saturated rings. The summed E-state index contributed by atoms with van der Waals surface area (Å²) < 4.78 is 5.83. The summed E-state index contributed by atoms with van der Waals surface area (Å²) in [6, 6.07) is 11.5. The molecule has 9 heteroatoms. The van der Waals surface area contributed by atoms with Crippen molar-refractivity contribution in [2.75, 3.05) is 19.0 Å². The van der Waals surface area contributed by atoms with Gasteiger partial charge in [-0.15, -0.1) is 0 Å². The predicted octanol–water partition coefficient (Wildman–Crippen LogP) is 3.09. The molecule has 4 aromatic rings. The molecule has 4 rings (SSSR count). The number of aryl methyl sites for hydroxylation is 3. The minimum Gasteiger partial charge on any atom is -0.376 e. The van der Waals surface area contributed by atoms with E-state index in [9.17, 15) is 9.59 Å². The van der Waals surface area contributed by atoms with Crippen molar-refractivity contribution in [2.24, 2.45) is 19.1 Å². The summed E-state index contributed by atoms with van der Waals surface area (Å²) in [5, 5.41) is 3.12. The molecule has 0 unspecified atom stereocenters. The number of hydrogen-bond donors (Lipinski definition) is 1. The summed E-state index contributed by atoms with van der Waals surface area (Å²) in [6.45, 7) is 1.85. The normalized spacial score (nSPS) is 11.7. The number of aromatic amines is 1. The Morgan fingerprint density at radius 3 is 2.26 bits per heavy atom. The molecule has 8 nitrogen and oxygen atoms in total. The third-order valence-corrected chi connectivity index (χ3v) is 6.10.